The Kier molecular flexibility index (Phi) is 5.08. The van der Waals surface area contributed by atoms with Crippen molar-refractivity contribution in [3.8, 4) is 5.82 Å². The molecule has 0 aliphatic rings. The number of aryl methyl sites for hydroxylation is 2. The molecule has 0 saturated heterocycles. The van der Waals surface area contributed by atoms with Gasteiger partial charge in [-0.3, -0.25) is 4.79 Å². The van der Waals surface area contributed by atoms with E-state index in [1.54, 1.807) is 4.68 Å². The number of amides is 1. The molecule has 130 valence electrons. The lowest BCUT2D eigenvalue weighted by atomic mass is 10.4. The summed E-state index contributed by atoms with van der Waals surface area (Å²) >= 11 is 0. The largest absolute Gasteiger partial charge is 0.368 e. The summed E-state index contributed by atoms with van der Waals surface area (Å²) in [6, 6.07) is 7.62. The van der Waals surface area contributed by atoms with Crippen LogP contribution >= 0.6 is 0 Å². The fourth-order valence-corrected chi connectivity index (χ4v) is 2.51. The highest BCUT2D eigenvalue weighted by molar-refractivity contribution is 5.75. The zero-order valence-corrected chi connectivity index (χ0v) is 14.3. The second kappa shape index (κ2) is 7.61. The van der Waals surface area contributed by atoms with Crippen LogP contribution in [0.4, 0.5) is 5.82 Å². The second-order valence-corrected chi connectivity index (χ2v) is 5.73. The van der Waals surface area contributed by atoms with E-state index in [0.717, 1.165) is 11.4 Å². The Hall–Kier alpha value is -3.16. The Labute approximate surface area is 145 Å². The number of nitrogens with zero attached hydrogens (tertiary/aromatic N) is 5. The SMILES string of the molecule is Cc1cc(C)n(-c2cc(NCCNC(=O)Cn3cccc3)ncn2)n1. The smallest absolute Gasteiger partial charge is 0.239 e. The van der Waals surface area contributed by atoms with E-state index in [1.165, 1.54) is 6.33 Å². The van der Waals surface area contributed by atoms with Gasteiger partial charge in [0.1, 0.15) is 18.7 Å². The average Bonchev–Trinajstić information content (AvgIpc) is 3.21. The normalized spacial score (nSPS) is 10.6. The lowest BCUT2D eigenvalue weighted by molar-refractivity contribution is -0.121. The minimum atomic E-state index is -0.0241. The third-order valence-corrected chi connectivity index (χ3v) is 3.62. The van der Waals surface area contributed by atoms with Gasteiger partial charge < -0.3 is 15.2 Å². The molecule has 8 heteroatoms. The summed E-state index contributed by atoms with van der Waals surface area (Å²) in [6.45, 7) is 5.34. The van der Waals surface area contributed by atoms with E-state index in [9.17, 15) is 4.79 Å². The molecular formula is C17H21N7O. The van der Waals surface area contributed by atoms with E-state index in [0.29, 0.717) is 31.3 Å². The van der Waals surface area contributed by atoms with Gasteiger partial charge in [-0.25, -0.2) is 14.6 Å². The maximum atomic E-state index is 11.8. The van der Waals surface area contributed by atoms with Crippen molar-refractivity contribution >= 4 is 11.7 Å². The highest BCUT2D eigenvalue weighted by Crippen LogP contribution is 2.11. The van der Waals surface area contributed by atoms with Crippen molar-refractivity contribution < 1.29 is 4.79 Å². The van der Waals surface area contributed by atoms with Gasteiger partial charge in [0.15, 0.2) is 5.82 Å². The first-order valence-corrected chi connectivity index (χ1v) is 8.09. The van der Waals surface area contributed by atoms with Crippen LogP contribution in [0.5, 0.6) is 0 Å². The lowest BCUT2D eigenvalue weighted by Gasteiger charge is -2.09. The number of aromatic nitrogens is 5. The molecule has 0 bridgehead atoms. The first-order valence-electron chi connectivity index (χ1n) is 8.09. The van der Waals surface area contributed by atoms with E-state index < -0.39 is 0 Å². The van der Waals surface area contributed by atoms with Gasteiger partial charge in [0, 0.05) is 37.2 Å². The standard InChI is InChI=1S/C17H21N7O/c1-13-9-14(2)24(22-13)16-10-15(20-12-21-16)18-5-6-19-17(25)11-23-7-3-4-8-23/h3-4,7-10,12H,5-6,11H2,1-2H3,(H,19,25)(H,18,20,21). The fraction of sp³-hybridized carbons (Fsp3) is 0.294. The monoisotopic (exact) mass is 339 g/mol. The zero-order chi connectivity index (χ0) is 17.6. The van der Waals surface area contributed by atoms with E-state index >= 15 is 0 Å². The van der Waals surface area contributed by atoms with Crippen molar-refractivity contribution in [3.05, 3.63) is 54.4 Å². The molecule has 0 aliphatic heterocycles. The second-order valence-electron chi connectivity index (χ2n) is 5.73. The third-order valence-electron chi connectivity index (χ3n) is 3.62. The maximum absolute atomic E-state index is 11.8. The van der Waals surface area contributed by atoms with Crippen LogP contribution in [0, 0.1) is 13.8 Å². The fourth-order valence-electron chi connectivity index (χ4n) is 2.51. The Morgan fingerprint density at radius 1 is 1.12 bits per heavy atom. The van der Waals surface area contributed by atoms with Crippen LogP contribution in [-0.2, 0) is 11.3 Å². The van der Waals surface area contributed by atoms with Gasteiger partial charge >= 0.3 is 0 Å². The van der Waals surface area contributed by atoms with Gasteiger partial charge in [0.2, 0.25) is 5.91 Å². The molecule has 0 spiro atoms. The van der Waals surface area contributed by atoms with Crippen molar-refractivity contribution in [1.29, 1.82) is 0 Å². The van der Waals surface area contributed by atoms with Gasteiger partial charge in [-0.15, -0.1) is 0 Å². The number of hydrogen-bond acceptors (Lipinski definition) is 5. The molecule has 2 N–H and O–H groups in total. The van der Waals surface area contributed by atoms with Crippen LogP contribution in [0.1, 0.15) is 11.4 Å². The van der Waals surface area contributed by atoms with Crippen LogP contribution in [0.25, 0.3) is 5.82 Å². The maximum Gasteiger partial charge on any atom is 0.239 e. The van der Waals surface area contributed by atoms with Crippen LogP contribution < -0.4 is 10.6 Å². The Bertz CT molecular complexity index is 839. The molecule has 3 aromatic rings. The molecule has 0 radical (unpaired) electrons. The van der Waals surface area contributed by atoms with Gasteiger partial charge in [0.05, 0.1) is 5.69 Å². The molecule has 0 atom stereocenters. The van der Waals surface area contributed by atoms with Crippen molar-refractivity contribution in [2.75, 3.05) is 18.4 Å². The predicted molar refractivity (Wildman–Crippen MR) is 94.6 cm³/mol. The van der Waals surface area contributed by atoms with E-state index in [2.05, 4.69) is 25.7 Å². The van der Waals surface area contributed by atoms with Crippen LogP contribution in [0.3, 0.4) is 0 Å². The molecule has 0 unspecified atom stereocenters. The molecule has 25 heavy (non-hydrogen) atoms. The highest BCUT2D eigenvalue weighted by Gasteiger charge is 2.06. The summed E-state index contributed by atoms with van der Waals surface area (Å²) in [6.07, 6.45) is 5.22. The predicted octanol–water partition coefficient (Wildman–Crippen LogP) is 1.31. The number of carbonyl (C=O) groups is 1. The van der Waals surface area contributed by atoms with Crippen molar-refractivity contribution in [1.82, 2.24) is 29.6 Å². The molecule has 0 aliphatic carbocycles. The summed E-state index contributed by atoms with van der Waals surface area (Å²) in [5, 5.41) is 10.5. The topological polar surface area (TPSA) is 89.7 Å². The van der Waals surface area contributed by atoms with Gasteiger partial charge in [-0.05, 0) is 32.0 Å². The number of carbonyl (C=O) groups excluding carboxylic acids is 1. The van der Waals surface area contributed by atoms with E-state index in [-0.39, 0.29) is 5.91 Å². The van der Waals surface area contributed by atoms with Crippen molar-refractivity contribution in [3.63, 3.8) is 0 Å². The zero-order valence-electron chi connectivity index (χ0n) is 14.3. The molecule has 1 amide bonds. The Morgan fingerprint density at radius 2 is 1.92 bits per heavy atom. The van der Waals surface area contributed by atoms with Gasteiger partial charge in [-0.2, -0.15) is 5.10 Å². The van der Waals surface area contributed by atoms with Crippen molar-refractivity contribution in [2.24, 2.45) is 0 Å². The summed E-state index contributed by atoms with van der Waals surface area (Å²) < 4.78 is 3.61. The van der Waals surface area contributed by atoms with E-state index in [4.69, 9.17) is 0 Å². The summed E-state index contributed by atoms with van der Waals surface area (Å²) in [5.74, 6) is 1.38. The molecule has 8 nitrogen and oxygen atoms in total. The van der Waals surface area contributed by atoms with Gasteiger partial charge in [-0.1, -0.05) is 0 Å². The quantitative estimate of drug-likeness (QED) is 0.634. The van der Waals surface area contributed by atoms with Gasteiger partial charge in [0.25, 0.3) is 0 Å². The van der Waals surface area contributed by atoms with E-state index in [1.807, 2.05) is 55.1 Å². The van der Waals surface area contributed by atoms with Crippen LogP contribution in [0.15, 0.2) is 43.0 Å². The number of nitrogens with one attached hydrogen (secondary N) is 2. The Morgan fingerprint density at radius 3 is 2.64 bits per heavy atom. The first kappa shape index (κ1) is 16.7. The molecule has 3 heterocycles. The lowest BCUT2D eigenvalue weighted by Crippen LogP contribution is -2.31. The minimum absolute atomic E-state index is 0.0241. The summed E-state index contributed by atoms with van der Waals surface area (Å²) in [5.41, 5.74) is 1.95. The molecule has 3 rings (SSSR count). The average molecular weight is 339 g/mol. The molecule has 0 saturated carbocycles. The molecular weight excluding hydrogens is 318 g/mol. The third kappa shape index (κ3) is 4.43. The Balaban J connectivity index is 1.49. The summed E-state index contributed by atoms with van der Waals surface area (Å²) in [7, 11) is 0. The number of rotatable bonds is 7. The molecule has 3 aromatic heterocycles. The van der Waals surface area contributed by atoms with Crippen LogP contribution in [-0.4, -0.2) is 43.3 Å². The number of anilines is 1. The highest BCUT2D eigenvalue weighted by atomic mass is 16.1. The molecule has 0 aromatic carbocycles. The first-order chi connectivity index (χ1) is 12.1. The van der Waals surface area contributed by atoms with Crippen LogP contribution in [0.2, 0.25) is 0 Å². The van der Waals surface area contributed by atoms with Crippen molar-refractivity contribution in [2.45, 2.75) is 20.4 Å². The summed E-state index contributed by atoms with van der Waals surface area (Å²) in [4.78, 5) is 20.3. The molecule has 0 fully saturated rings. The minimum Gasteiger partial charge on any atom is -0.368 e. The number of hydrogen-bond donors (Lipinski definition) is 2.